The lowest BCUT2D eigenvalue weighted by Crippen LogP contribution is -2.53. The molecule has 0 aromatic heterocycles. The molecule has 146 valence electrons. The van der Waals surface area contributed by atoms with Crippen molar-refractivity contribution in [3.05, 3.63) is 27.1 Å². The molecule has 0 aliphatic carbocycles. The molecule has 1 aliphatic rings. The predicted molar refractivity (Wildman–Crippen MR) is 107 cm³/mol. The zero-order chi connectivity index (χ0) is 19.9. The van der Waals surface area contributed by atoms with Gasteiger partial charge in [-0.1, -0.05) is 50.7 Å². The van der Waals surface area contributed by atoms with Crippen LogP contribution in [0.4, 0.5) is 0 Å². The van der Waals surface area contributed by atoms with Crippen molar-refractivity contribution in [3.8, 4) is 0 Å². The molecule has 26 heavy (non-hydrogen) atoms. The minimum absolute atomic E-state index is 0.0948. The largest absolute Gasteiger partial charge is 0.347 e. The summed E-state index contributed by atoms with van der Waals surface area (Å²) in [6, 6.07) is 2.31. The third-order valence-corrected chi connectivity index (χ3v) is 8.64. The third-order valence-electron chi connectivity index (χ3n) is 3.42. The molecule has 1 fully saturated rings. The fourth-order valence-corrected chi connectivity index (χ4v) is 7.21. The monoisotopic (exact) mass is 590 g/mol. The van der Waals surface area contributed by atoms with E-state index < -0.39 is 53.1 Å². The van der Waals surface area contributed by atoms with Crippen molar-refractivity contribution in [2.75, 3.05) is 11.5 Å². The SMILES string of the molecule is O=C(N[C@H]1CS(=O)(=O)C[C@@H]1NS(=O)(=O)c1cc(Br)ccc1Br)C(Cl)(Cl)Cl. The van der Waals surface area contributed by atoms with Crippen molar-refractivity contribution in [1.29, 1.82) is 0 Å². The summed E-state index contributed by atoms with van der Waals surface area (Å²) in [7, 11) is -7.69. The zero-order valence-electron chi connectivity index (χ0n) is 12.5. The number of amides is 1. The lowest BCUT2D eigenvalue weighted by atomic mass is 10.2. The van der Waals surface area contributed by atoms with E-state index in [0.29, 0.717) is 4.47 Å². The summed E-state index contributed by atoms with van der Waals surface area (Å²) in [5, 5.41) is 2.26. The third kappa shape index (κ3) is 5.69. The van der Waals surface area contributed by atoms with Crippen molar-refractivity contribution < 1.29 is 21.6 Å². The number of hydrogen-bond donors (Lipinski definition) is 2. The van der Waals surface area contributed by atoms with E-state index in [1.807, 2.05) is 0 Å². The summed E-state index contributed by atoms with van der Waals surface area (Å²) >= 11 is 22.7. The molecule has 0 saturated carbocycles. The summed E-state index contributed by atoms with van der Waals surface area (Å²) in [5.74, 6) is -2.02. The molecule has 1 aromatic carbocycles. The fraction of sp³-hybridized carbons (Fsp3) is 0.417. The van der Waals surface area contributed by atoms with Crippen LogP contribution in [-0.2, 0) is 24.7 Å². The molecule has 1 amide bonds. The summed E-state index contributed by atoms with van der Waals surface area (Å²) < 4.78 is 50.0. The number of nitrogens with one attached hydrogen (secondary N) is 2. The van der Waals surface area contributed by atoms with E-state index >= 15 is 0 Å². The summed E-state index contributed by atoms with van der Waals surface area (Å²) in [6.45, 7) is 0. The molecule has 0 bridgehead atoms. The Balaban J connectivity index is 2.30. The van der Waals surface area contributed by atoms with Crippen molar-refractivity contribution in [1.82, 2.24) is 10.0 Å². The number of halogens is 5. The van der Waals surface area contributed by atoms with Gasteiger partial charge in [-0.15, -0.1) is 0 Å². The van der Waals surface area contributed by atoms with E-state index in [4.69, 9.17) is 34.8 Å². The molecule has 7 nitrogen and oxygen atoms in total. The Hall–Kier alpha value is 0.380. The number of hydrogen-bond acceptors (Lipinski definition) is 5. The molecule has 0 spiro atoms. The zero-order valence-corrected chi connectivity index (χ0v) is 19.6. The van der Waals surface area contributed by atoms with Crippen LogP contribution in [0.3, 0.4) is 0 Å². The quantitative estimate of drug-likeness (QED) is 0.521. The van der Waals surface area contributed by atoms with Gasteiger partial charge < -0.3 is 5.32 Å². The molecule has 1 aliphatic heterocycles. The van der Waals surface area contributed by atoms with Gasteiger partial charge >= 0.3 is 0 Å². The number of carbonyl (C=O) groups excluding carboxylic acids is 1. The summed E-state index contributed by atoms with van der Waals surface area (Å²) in [6.07, 6.45) is 0. The fourth-order valence-electron chi connectivity index (χ4n) is 2.30. The van der Waals surface area contributed by atoms with E-state index in [2.05, 4.69) is 41.9 Å². The first-order valence-electron chi connectivity index (χ1n) is 6.77. The first-order valence-corrected chi connectivity index (χ1v) is 12.8. The van der Waals surface area contributed by atoms with Gasteiger partial charge in [0.1, 0.15) is 0 Å². The highest BCUT2D eigenvalue weighted by molar-refractivity contribution is 9.11. The van der Waals surface area contributed by atoms with Crippen LogP contribution >= 0.6 is 66.7 Å². The van der Waals surface area contributed by atoms with Gasteiger partial charge in [-0.05, 0) is 34.1 Å². The summed E-state index contributed by atoms with van der Waals surface area (Å²) in [5.41, 5.74) is 0. The van der Waals surface area contributed by atoms with Crippen LogP contribution < -0.4 is 10.0 Å². The Labute approximate surface area is 182 Å². The maximum Gasteiger partial charge on any atom is 0.272 e. The van der Waals surface area contributed by atoms with E-state index in [1.54, 1.807) is 6.07 Å². The van der Waals surface area contributed by atoms with Crippen molar-refractivity contribution in [2.24, 2.45) is 0 Å². The van der Waals surface area contributed by atoms with Crippen LogP contribution in [0.1, 0.15) is 0 Å². The van der Waals surface area contributed by atoms with E-state index in [-0.39, 0.29) is 9.37 Å². The first kappa shape index (κ1) is 22.7. The Morgan fingerprint density at radius 2 is 1.73 bits per heavy atom. The molecule has 1 heterocycles. The van der Waals surface area contributed by atoms with Crippen LogP contribution in [0, 0.1) is 0 Å². The van der Waals surface area contributed by atoms with Crippen LogP contribution in [-0.4, -0.2) is 50.1 Å². The Morgan fingerprint density at radius 1 is 1.15 bits per heavy atom. The molecular formula is C12H11Br2Cl3N2O5S2. The second-order valence-electron chi connectivity index (χ2n) is 5.46. The minimum Gasteiger partial charge on any atom is -0.347 e. The van der Waals surface area contributed by atoms with Crippen LogP contribution in [0.5, 0.6) is 0 Å². The average Bonchev–Trinajstić information content (AvgIpc) is 2.73. The Kier molecular flexibility index (Phi) is 6.99. The lowest BCUT2D eigenvalue weighted by molar-refractivity contribution is -0.120. The van der Waals surface area contributed by atoms with Gasteiger partial charge in [0.2, 0.25) is 10.0 Å². The molecule has 14 heteroatoms. The smallest absolute Gasteiger partial charge is 0.272 e. The first-order chi connectivity index (χ1) is 11.7. The maximum absolute atomic E-state index is 12.7. The van der Waals surface area contributed by atoms with Crippen LogP contribution in [0.2, 0.25) is 0 Å². The maximum atomic E-state index is 12.7. The highest BCUT2D eigenvalue weighted by atomic mass is 79.9. The van der Waals surface area contributed by atoms with Gasteiger partial charge in [0, 0.05) is 8.95 Å². The number of rotatable bonds is 4. The number of sulfone groups is 1. The minimum atomic E-state index is -4.09. The van der Waals surface area contributed by atoms with E-state index in [0.717, 1.165) is 0 Å². The number of benzene rings is 1. The number of alkyl halides is 3. The van der Waals surface area contributed by atoms with Crippen molar-refractivity contribution in [2.45, 2.75) is 20.8 Å². The highest BCUT2D eigenvalue weighted by Crippen LogP contribution is 2.28. The number of carbonyl (C=O) groups is 1. The molecule has 2 N–H and O–H groups in total. The molecule has 2 rings (SSSR count). The molecule has 2 atom stereocenters. The van der Waals surface area contributed by atoms with Gasteiger partial charge in [-0.3, -0.25) is 4.79 Å². The topological polar surface area (TPSA) is 109 Å². The normalized spacial score (nSPS) is 23.0. The van der Waals surface area contributed by atoms with Gasteiger partial charge in [-0.25, -0.2) is 21.6 Å². The van der Waals surface area contributed by atoms with Gasteiger partial charge in [0.15, 0.2) is 9.84 Å². The van der Waals surface area contributed by atoms with Crippen LogP contribution in [0.25, 0.3) is 0 Å². The standard InChI is InChI=1S/C12H11Br2Cl3N2O5S2/c13-6-1-2-7(14)10(3-6)26(23,24)19-9-5-25(21,22)4-8(9)18-11(20)12(15,16)17/h1-3,8-9,19H,4-5H2,(H,18,20)/t8-,9-/m0/s1. The van der Waals surface area contributed by atoms with E-state index in [1.165, 1.54) is 12.1 Å². The molecule has 1 saturated heterocycles. The van der Waals surface area contributed by atoms with Crippen molar-refractivity contribution in [3.63, 3.8) is 0 Å². The molecule has 0 radical (unpaired) electrons. The van der Waals surface area contributed by atoms with E-state index in [9.17, 15) is 21.6 Å². The Morgan fingerprint density at radius 3 is 2.31 bits per heavy atom. The summed E-state index contributed by atoms with van der Waals surface area (Å²) in [4.78, 5) is 11.7. The van der Waals surface area contributed by atoms with Gasteiger partial charge in [0.05, 0.1) is 28.5 Å². The number of sulfonamides is 1. The van der Waals surface area contributed by atoms with Gasteiger partial charge in [0.25, 0.3) is 9.70 Å². The van der Waals surface area contributed by atoms with Gasteiger partial charge in [-0.2, -0.15) is 0 Å². The van der Waals surface area contributed by atoms with Crippen LogP contribution in [0.15, 0.2) is 32.0 Å². The molecule has 1 aromatic rings. The van der Waals surface area contributed by atoms with Crippen molar-refractivity contribution >= 4 is 92.4 Å². The second kappa shape index (κ2) is 8.02. The predicted octanol–water partition coefficient (Wildman–Crippen LogP) is 2.14. The Bertz CT molecular complexity index is 935. The molecular weight excluding hydrogens is 582 g/mol. The second-order valence-corrected chi connectivity index (χ2v) is 13.3. The molecule has 0 unspecified atom stereocenters. The average molecular weight is 594 g/mol. The highest BCUT2D eigenvalue weighted by Gasteiger charge is 2.43. The lowest BCUT2D eigenvalue weighted by Gasteiger charge is -2.22.